The van der Waals surface area contributed by atoms with Crippen LogP contribution in [0.15, 0.2) is 48.5 Å². The SMILES string of the molecule is COC(=O)Oc1c2ccccc2cc2ccc(F)cc12. The molecule has 0 radical (unpaired) electrons. The zero-order chi connectivity index (χ0) is 14.1. The summed E-state index contributed by atoms with van der Waals surface area (Å²) in [6, 6.07) is 13.7. The van der Waals surface area contributed by atoms with Crippen molar-refractivity contribution in [3.05, 3.63) is 54.3 Å². The first kappa shape index (κ1) is 12.4. The summed E-state index contributed by atoms with van der Waals surface area (Å²) in [4.78, 5) is 11.4. The van der Waals surface area contributed by atoms with E-state index in [1.54, 1.807) is 6.07 Å². The van der Waals surface area contributed by atoms with Crippen molar-refractivity contribution >= 4 is 27.7 Å². The van der Waals surface area contributed by atoms with E-state index in [1.165, 1.54) is 19.2 Å². The molecule has 0 aliphatic carbocycles. The van der Waals surface area contributed by atoms with Gasteiger partial charge >= 0.3 is 6.16 Å². The number of benzene rings is 3. The number of rotatable bonds is 1. The van der Waals surface area contributed by atoms with Crippen LogP contribution >= 0.6 is 0 Å². The number of carbonyl (C=O) groups is 1. The summed E-state index contributed by atoms with van der Waals surface area (Å²) >= 11 is 0. The average Bonchev–Trinajstić information content (AvgIpc) is 2.47. The maximum atomic E-state index is 13.5. The zero-order valence-electron chi connectivity index (χ0n) is 10.7. The minimum Gasteiger partial charge on any atom is -0.437 e. The molecule has 0 aromatic heterocycles. The maximum Gasteiger partial charge on any atom is 0.513 e. The first-order valence-electron chi connectivity index (χ1n) is 6.06. The fraction of sp³-hybridized carbons (Fsp3) is 0.0625. The Labute approximate surface area is 114 Å². The Morgan fingerprint density at radius 2 is 1.75 bits per heavy atom. The highest BCUT2D eigenvalue weighted by atomic mass is 19.1. The molecule has 20 heavy (non-hydrogen) atoms. The van der Waals surface area contributed by atoms with E-state index in [-0.39, 0.29) is 5.82 Å². The zero-order valence-corrected chi connectivity index (χ0v) is 10.7. The molecule has 3 aromatic carbocycles. The third-order valence-electron chi connectivity index (χ3n) is 3.13. The summed E-state index contributed by atoms with van der Waals surface area (Å²) in [6.45, 7) is 0. The third kappa shape index (κ3) is 2.05. The number of hydrogen-bond acceptors (Lipinski definition) is 3. The van der Waals surface area contributed by atoms with Gasteiger partial charge in [-0.15, -0.1) is 0 Å². The molecule has 0 amide bonds. The van der Waals surface area contributed by atoms with E-state index in [0.717, 1.165) is 16.2 Å². The van der Waals surface area contributed by atoms with E-state index in [1.807, 2.05) is 30.3 Å². The van der Waals surface area contributed by atoms with Crippen LogP contribution in [-0.4, -0.2) is 13.3 Å². The Bertz CT molecular complexity index is 811. The van der Waals surface area contributed by atoms with E-state index in [2.05, 4.69) is 4.74 Å². The van der Waals surface area contributed by atoms with Gasteiger partial charge in [0.05, 0.1) is 7.11 Å². The molecule has 3 aromatic rings. The van der Waals surface area contributed by atoms with Crippen LogP contribution in [0.2, 0.25) is 0 Å². The first-order chi connectivity index (χ1) is 9.69. The van der Waals surface area contributed by atoms with Crippen LogP contribution in [0.25, 0.3) is 21.5 Å². The lowest BCUT2D eigenvalue weighted by Gasteiger charge is -2.11. The Morgan fingerprint density at radius 1 is 1.00 bits per heavy atom. The minimum absolute atomic E-state index is 0.310. The molecule has 0 saturated heterocycles. The molecule has 0 atom stereocenters. The van der Waals surface area contributed by atoms with E-state index < -0.39 is 6.16 Å². The molecule has 0 aliphatic heterocycles. The van der Waals surface area contributed by atoms with Gasteiger partial charge in [0.25, 0.3) is 0 Å². The Morgan fingerprint density at radius 3 is 2.55 bits per heavy atom. The molecule has 0 bridgehead atoms. The summed E-state index contributed by atoms with van der Waals surface area (Å²) in [6.07, 6.45) is -0.827. The molecule has 3 nitrogen and oxygen atoms in total. The fourth-order valence-corrected chi connectivity index (χ4v) is 2.23. The number of ether oxygens (including phenoxy) is 2. The predicted octanol–water partition coefficient (Wildman–Crippen LogP) is 4.28. The maximum absolute atomic E-state index is 13.5. The van der Waals surface area contributed by atoms with Crippen LogP contribution < -0.4 is 4.74 Å². The number of halogens is 1. The van der Waals surface area contributed by atoms with Gasteiger partial charge in [-0.1, -0.05) is 30.3 Å². The lowest BCUT2D eigenvalue weighted by atomic mass is 10.0. The van der Waals surface area contributed by atoms with Crippen LogP contribution in [0.5, 0.6) is 5.75 Å². The van der Waals surface area contributed by atoms with Gasteiger partial charge in [0, 0.05) is 10.8 Å². The van der Waals surface area contributed by atoms with Crippen LogP contribution in [0.1, 0.15) is 0 Å². The lowest BCUT2D eigenvalue weighted by Crippen LogP contribution is -2.08. The van der Waals surface area contributed by atoms with Crippen LogP contribution in [0.4, 0.5) is 9.18 Å². The molecule has 100 valence electrons. The third-order valence-corrected chi connectivity index (χ3v) is 3.13. The van der Waals surface area contributed by atoms with Crippen molar-refractivity contribution in [3.8, 4) is 5.75 Å². The Balaban J connectivity index is 2.38. The number of methoxy groups -OCH3 is 1. The molecule has 0 N–H and O–H groups in total. The standard InChI is InChI=1S/C16H11FO3/c1-19-16(18)20-15-13-5-3-2-4-10(13)8-11-6-7-12(17)9-14(11)15/h2-9H,1H3. The minimum atomic E-state index is -0.827. The number of hydrogen-bond donors (Lipinski definition) is 0. The molecular formula is C16H11FO3. The van der Waals surface area contributed by atoms with Crippen LogP contribution in [0.3, 0.4) is 0 Å². The van der Waals surface area contributed by atoms with Crippen molar-refractivity contribution in [1.29, 1.82) is 0 Å². The second kappa shape index (κ2) is 4.81. The van der Waals surface area contributed by atoms with Crippen molar-refractivity contribution in [2.45, 2.75) is 0 Å². The highest BCUT2D eigenvalue weighted by Crippen LogP contribution is 2.35. The van der Waals surface area contributed by atoms with Gasteiger partial charge in [0.1, 0.15) is 11.6 Å². The van der Waals surface area contributed by atoms with Crippen LogP contribution in [0, 0.1) is 5.82 Å². The van der Waals surface area contributed by atoms with E-state index >= 15 is 0 Å². The largest absolute Gasteiger partial charge is 0.513 e. The van der Waals surface area contributed by atoms with Gasteiger partial charge in [-0.2, -0.15) is 0 Å². The summed E-state index contributed by atoms with van der Waals surface area (Å²) < 4.78 is 23.2. The Kier molecular flexibility index (Phi) is 2.99. The lowest BCUT2D eigenvalue weighted by molar-refractivity contribution is 0.122. The van der Waals surface area contributed by atoms with E-state index in [4.69, 9.17) is 4.74 Å². The summed E-state index contributed by atoms with van der Waals surface area (Å²) in [5.74, 6) is -0.0769. The van der Waals surface area contributed by atoms with Gasteiger partial charge in [-0.25, -0.2) is 9.18 Å². The first-order valence-corrected chi connectivity index (χ1v) is 6.06. The van der Waals surface area contributed by atoms with Crippen molar-refractivity contribution in [2.75, 3.05) is 7.11 Å². The molecule has 0 aliphatic rings. The van der Waals surface area contributed by atoms with Crippen molar-refractivity contribution < 1.29 is 18.7 Å². The monoisotopic (exact) mass is 270 g/mol. The molecular weight excluding hydrogens is 259 g/mol. The molecule has 0 fully saturated rings. The molecule has 0 saturated carbocycles. The normalized spacial score (nSPS) is 10.7. The molecule has 0 spiro atoms. The van der Waals surface area contributed by atoms with Gasteiger partial charge in [0.15, 0.2) is 0 Å². The average molecular weight is 270 g/mol. The summed E-state index contributed by atoms with van der Waals surface area (Å²) in [5.41, 5.74) is 0. The highest BCUT2D eigenvalue weighted by Gasteiger charge is 2.13. The van der Waals surface area contributed by atoms with Crippen molar-refractivity contribution in [2.24, 2.45) is 0 Å². The van der Waals surface area contributed by atoms with Gasteiger partial charge in [-0.05, 0) is 29.0 Å². The van der Waals surface area contributed by atoms with Gasteiger partial charge < -0.3 is 9.47 Å². The molecule has 4 heteroatoms. The van der Waals surface area contributed by atoms with Crippen LogP contribution in [-0.2, 0) is 4.74 Å². The van der Waals surface area contributed by atoms with Gasteiger partial charge in [0.2, 0.25) is 0 Å². The number of fused-ring (bicyclic) bond motifs is 2. The Hall–Kier alpha value is -2.62. The molecule has 0 unspecified atom stereocenters. The van der Waals surface area contributed by atoms with Gasteiger partial charge in [-0.3, -0.25) is 0 Å². The summed E-state index contributed by atoms with van der Waals surface area (Å²) in [7, 11) is 1.23. The van der Waals surface area contributed by atoms with E-state index in [9.17, 15) is 9.18 Å². The molecule has 3 rings (SSSR count). The van der Waals surface area contributed by atoms with E-state index in [0.29, 0.717) is 11.1 Å². The van der Waals surface area contributed by atoms with Crippen molar-refractivity contribution in [3.63, 3.8) is 0 Å². The molecule has 0 heterocycles. The van der Waals surface area contributed by atoms with Crippen molar-refractivity contribution in [1.82, 2.24) is 0 Å². The fourth-order valence-electron chi connectivity index (χ4n) is 2.23. The second-order valence-electron chi connectivity index (χ2n) is 4.35. The summed E-state index contributed by atoms with van der Waals surface area (Å²) in [5, 5.41) is 2.97. The smallest absolute Gasteiger partial charge is 0.437 e. The second-order valence-corrected chi connectivity index (χ2v) is 4.35. The highest BCUT2D eigenvalue weighted by molar-refractivity contribution is 6.06. The quantitative estimate of drug-likeness (QED) is 0.376. The predicted molar refractivity (Wildman–Crippen MR) is 74.4 cm³/mol. The number of carbonyl (C=O) groups excluding carboxylic acids is 1. The topological polar surface area (TPSA) is 35.5 Å².